The van der Waals surface area contributed by atoms with Crippen LogP contribution in [0.15, 0.2) is 70.3 Å². The van der Waals surface area contributed by atoms with E-state index in [0.717, 1.165) is 20.9 Å². The Morgan fingerprint density at radius 1 is 1.23 bits per heavy atom. The molecule has 0 radical (unpaired) electrons. The third-order valence-corrected chi connectivity index (χ3v) is 6.59. The van der Waals surface area contributed by atoms with Crippen LogP contribution in [-0.4, -0.2) is 42.4 Å². The van der Waals surface area contributed by atoms with Crippen molar-refractivity contribution in [2.45, 2.75) is 13.8 Å². The number of thioether (sulfide) groups is 1. The molecule has 0 fully saturated rings. The topological polar surface area (TPSA) is 94.4 Å². The van der Waals surface area contributed by atoms with Crippen LogP contribution in [0.5, 0.6) is 11.5 Å². The van der Waals surface area contributed by atoms with Gasteiger partial charge < -0.3 is 19.3 Å². The van der Waals surface area contributed by atoms with E-state index in [1.165, 1.54) is 7.11 Å². The summed E-state index contributed by atoms with van der Waals surface area (Å²) >= 11 is 3.15. The third kappa shape index (κ3) is 6.34. The maximum absolute atomic E-state index is 12.7. The highest BCUT2D eigenvalue weighted by Gasteiger charge is 2.34. The zero-order chi connectivity index (χ0) is 25.5. The number of aliphatic hydroxyl groups excluding tert-OH is 1. The Morgan fingerprint density at radius 3 is 2.57 bits per heavy atom. The van der Waals surface area contributed by atoms with E-state index >= 15 is 0 Å². The van der Waals surface area contributed by atoms with Gasteiger partial charge in [-0.1, -0.05) is 42.1 Å². The molecule has 1 heterocycles. The number of hydrogen-bond donors (Lipinski definition) is 1. The first-order valence-corrected chi connectivity index (χ1v) is 12.5. The van der Waals surface area contributed by atoms with Crippen LogP contribution >= 0.6 is 34.4 Å². The number of aliphatic hydroxyl groups is 1. The Balaban J connectivity index is 2.02. The number of methoxy groups -OCH3 is 1. The standard InChI is InChI=1S/C26H24INO6S/c1-5-11-34-23-18(27)12-16(13-19(23)32-4)14-20-22(29)21(26(31)33-6-2)25(35-20)28-24(30)17-9-7-15(3)8-10-17/h5,7-10,12-14,29H,1,6,11H2,2-4H3/b20-14-,28-25?. The van der Waals surface area contributed by atoms with E-state index < -0.39 is 11.9 Å². The molecule has 35 heavy (non-hydrogen) atoms. The SMILES string of the molecule is C=CCOc1c(I)cc(/C=C2\SC(=NC(=O)c3ccc(C)cc3)C(C(=O)OCC)=C2O)cc1OC. The summed E-state index contributed by atoms with van der Waals surface area (Å²) < 4.78 is 17.0. The molecule has 0 unspecified atom stereocenters. The fourth-order valence-electron chi connectivity index (χ4n) is 3.10. The Hall–Kier alpha value is -3.05. The van der Waals surface area contributed by atoms with Gasteiger partial charge in [0.2, 0.25) is 0 Å². The van der Waals surface area contributed by atoms with Crippen LogP contribution in [-0.2, 0) is 9.53 Å². The molecule has 7 nitrogen and oxygen atoms in total. The number of nitrogens with zero attached hydrogens (tertiary/aromatic N) is 1. The second-order valence-corrected chi connectivity index (χ2v) is 9.47. The summed E-state index contributed by atoms with van der Waals surface area (Å²) in [6, 6.07) is 10.5. The van der Waals surface area contributed by atoms with Gasteiger partial charge in [-0.25, -0.2) is 9.79 Å². The number of amides is 1. The van der Waals surface area contributed by atoms with Crippen molar-refractivity contribution in [1.29, 1.82) is 0 Å². The van der Waals surface area contributed by atoms with Gasteiger partial charge in [0.05, 0.1) is 22.2 Å². The molecule has 2 aromatic rings. The van der Waals surface area contributed by atoms with Gasteiger partial charge in [-0.05, 0) is 72.3 Å². The Labute approximate surface area is 221 Å². The molecule has 1 aliphatic rings. The van der Waals surface area contributed by atoms with Crippen molar-refractivity contribution in [3.8, 4) is 11.5 Å². The lowest BCUT2D eigenvalue weighted by Crippen LogP contribution is -2.14. The smallest absolute Gasteiger partial charge is 0.344 e. The largest absolute Gasteiger partial charge is 0.506 e. The van der Waals surface area contributed by atoms with Crippen LogP contribution in [0.3, 0.4) is 0 Å². The number of ether oxygens (including phenoxy) is 3. The summed E-state index contributed by atoms with van der Waals surface area (Å²) in [5.74, 6) is -0.497. The van der Waals surface area contributed by atoms with Crippen LogP contribution in [0.4, 0.5) is 0 Å². The summed E-state index contributed by atoms with van der Waals surface area (Å²) in [6.07, 6.45) is 3.32. The zero-order valence-electron chi connectivity index (χ0n) is 19.5. The molecule has 1 aliphatic heterocycles. The number of rotatable bonds is 8. The van der Waals surface area contributed by atoms with E-state index in [1.807, 2.05) is 13.0 Å². The summed E-state index contributed by atoms with van der Waals surface area (Å²) in [5, 5.41) is 11.0. The van der Waals surface area contributed by atoms with Gasteiger partial charge in [-0.15, -0.1) is 0 Å². The lowest BCUT2D eigenvalue weighted by Gasteiger charge is -2.12. The number of esters is 1. The second-order valence-electron chi connectivity index (χ2n) is 7.28. The number of benzene rings is 2. The molecular weight excluding hydrogens is 581 g/mol. The van der Waals surface area contributed by atoms with E-state index in [1.54, 1.807) is 49.4 Å². The van der Waals surface area contributed by atoms with E-state index in [9.17, 15) is 14.7 Å². The van der Waals surface area contributed by atoms with E-state index in [4.69, 9.17) is 14.2 Å². The molecule has 9 heteroatoms. The number of carbonyl (C=O) groups is 2. The number of hydrogen-bond acceptors (Lipinski definition) is 7. The van der Waals surface area contributed by atoms with Crippen molar-refractivity contribution in [1.82, 2.24) is 0 Å². The van der Waals surface area contributed by atoms with Crippen molar-refractivity contribution in [2.24, 2.45) is 4.99 Å². The van der Waals surface area contributed by atoms with Crippen molar-refractivity contribution >= 4 is 57.3 Å². The van der Waals surface area contributed by atoms with Crippen LogP contribution in [0.1, 0.15) is 28.4 Å². The van der Waals surface area contributed by atoms with Crippen LogP contribution in [0.2, 0.25) is 0 Å². The van der Waals surface area contributed by atoms with Crippen LogP contribution < -0.4 is 9.47 Å². The number of carbonyl (C=O) groups excluding carboxylic acids is 2. The van der Waals surface area contributed by atoms with Crippen molar-refractivity contribution in [2.75, 3.05) is 20.3 Å². The summed E-state index contributed by atoms with van der Waals surface area (Å²) in [4.78, 5) is 29.8. The number of halogens is 1. The molecule has 0 saturated heterocycles. The average molecular weight is 605 g/mol. The molecule has 0 spiro atoms. The third-order valence-electron chi connectivity index (χ3n) is 4.77. The maximum Gasteiger partial charge on any atom is 0.344 e. The Kier molecular flexibility index (Phi) is 9.16. The van der Waals surface area contributed by atoms with Gasteiger partial charge in [-0.3, -0.25) is 4.79 Å². The maximum atomic E-state index is 12.7. The molecule has 3 rings (SSSR count). The highest BCUT2D eigenvalue weighted by molar-refractivity contribution is 14.1. The molecule has 0 saturated carbocycles. The van der Waals surface area contributed by atoms with Crippen molar-refractivity contribution < 1.29 is 28.9 Å². The van der Waals surface area contributed by atoms with Gasteiger partial charge in [0.25, 0.3) is 5.91 Å². The summed E-state index contributed by atoms with van der Waals surface area (Å²) in [7, 11) is 1.53. The lowest BCUT2D eigenvalue weighted by atomic mass is 10.1. The van der Waals surface area contributed by atoms with Gasteiger partial charge in [0, 0.05) is 5.56 Å². The predicted molar refractivity (Wildman–Crippen MR) is 146 cm³/mol. The number of aryl methyl sites for hydroxylation is 1. The minimum absolute atomic E-state index is 0.0744. The number of aliphatic imine (C=N–C) groups is 1. The highest BCUT2D eigenvalue weighted by atomic mass is 127. The summed E-state index contributed by atoms with van der Waals surface area (Å²) in [6.45, 7) is 7.66. The van der Waals surface area contributed by atoms with Crippen molar-refractivity contribution in [3.63, 3.8) is 0 Å². The van der Waals surface area contributed by atoms with E-state index in [-0.39, 0.29) is 23.0 Å². The molecule has 0 bridgehead atoms. The van der Waals surface area contributed by atoms with Crippen LogP contribution in [0.25, 0.3) is 6.08 Å². The minimum atomic E-state index is -0.753. The van der Waals surface area contributed by atoms with Gasteiger partial charge in [-0.2, -0.15) is 0 Å². The molecule has 0 atom stereocenters. The second kappa shape index (κ2) is 12.1. The molecule has 1 amide bonds. The highest BCUT2D eigenvalue weighted by Crippen LogP contribution is 2.41. The molecular formula is C26H24INO6S. The van der Waals surface area contributed by atoms with Gasteiger partial charge in [0.1, 0.15) is 23.0 Å². The van der Waals surface area contributed by atoms with Crippen LogP contribution in [0, 0.1) is 10.5 Å². The molecule has 182 valence electrons. The first kappa shape index (κ1) is 26.6. The predicted octanol–water partition coefficient (Wildman–Crippen LogP) is 5.87. The minimum Gasteiger partial charge on any atom is -0.506 e. The van der Waals surface area contributed by atoms with Gasteiger partial charge >= 0.3 is 5.97 Å². The Bertz CT molecular complexity index is 1250. The first-order chi connectivity index (χ1) is 16.8. The fourth-order valence-corrected chi connectivity index (χ4v) is 4.90. The Morgan fingerprint density at radius 2 is 1.94 bits per heavy atom. The molecule has 0 aromatic heterocycles. The fraction of sp³-hybridized carbons (Fsp3) is 0.192. The van der Waals surface area contributed by atoms with E-state index in [0.29, 0.717) is 34.1 Å². The quantitative estimate of drug-likeness (QED) is 0.228. The van der Waals surface area contributed by atoms with E-state index in [2.05, 4.69) is 34.2 Å². The average Bonchev–Trinajstić information content (AvgIpc) is 3.12. The zero-order valence-corrected chi connectivity index (χ0v) is 22.4. The van der Waals surface area contributed by atoms with Gasteiger partial charge in [0.15, 0.2) is 11.5 Å². The molecule has 2 aromatic carbocycles. The first-order valence-electron chi connectivity index (χ1n) is 10.6. The molecule has 1 N–H and O–H groups in total. The monoisotopic (exact) mass is 605 g/mol. The van der Waals surface area contributed by atoms with Crippen molar-refractivity contribution in [3.05, 3.63) is 85.6 Å². The summed E-state index contributed by atoms with van der Waals surface area (Å²) in [5.41, 5.74) is 1.93. The normalized spacial score (nSPS) is 15.4. The lowest BCUT2D eigenvalue weighted by molar-refractivity contribution is -0.138. The molecule has 0 aliphatic carbocycles.